The maximum Gasteiger partial charge on any atom is 0.341 e. The van der Waals surface area contributed by atoms with E-state index in [0.717, 1.165) is 0 Å². The summed E-state index contributed by atoms with van der Waals surface area (Å²) in [4.78, 5) is 27.6. The van der Waals surface area contributed by atoms with Crippen molar-refractivity contribution >= 4 is 23.6 Å². The quantitative estimate of drug-likeness (QED) is 0.643. The number of ether oxygens (including phenoxy) is 1. The van der Waals surface area contributed by atoms with Gasteiger partial charge in [-0.1, -0.05) is 13.8 Å². The van der Waals surface area contributed by atoms with Crippen LogP contribution in [0.15, 0.2) is 23.4 Å². The van der Waals surface area contributed by atoms with Crippen LogP contribution in [0.4, 0.5) is 0 Å². The summed E-state index contributed by atoms with van der Waals surface area (Å²) in [7, 11) is 0. The summed E-state index contributed by atoms with van der Waals surface area (Å²) in [6.45, 7) is 5.66. The van der Waals surface area contributed by atoms with Crippen LogP contribution in [0.3, 0.4) is 0 Å². The van der Waals surface area contributed by atoms with Crippen LogP contribution in [0.2, 0.25) is 0 Å². The van der Waals surface area contributed by atoms with Crippen molar-refractivity contribution in [2.45, 2.75) is 31.8 Å². The molecule has 0 unspecified atom stereocenters. The predicted molar refractivity (Wildman–Crippen MR) is 78.7 cm³/mol. The highest BCUT2D eigenvalue weighted by Crippen LogP contribution is 2.17. The van der Waals surface area contributed by atoms with Crippen molar-refractivity contribution in [1.29, 1.82) is 0 Å². The fourth-order valence-corrected chi connectivity index (χ4v) is 1.92. The number of carbonyl (C=O) groups excluding carboxylic acids is 2. The lowest BCUT2D eigenvalue weighted by atomic mass is 10.1. The van der Waals surface area contributed by atoms with Crippen molar-refractivity contribution in [3.8, 4) is 0 Å². The summed E-state index contributed by atoms with van der Waals surface area (Å²) in [5.74, 6) is -0.500. The molecule has 1 rings (SSSR count). The van der Waals surface area contributed by atoms with Gasteiger partial charge in [0.15, 0.2) is 6.61 Å². The Morgan fingerprint density at radius 3 is 2.70 bits per heavy atom. The molecule has 0 spiro atoms. The van der Waals surface area contributed by atoms with E-state index >= 15 is 0 Å². The Morgan fingerprint density at radius 2 is 2.10 bits per heavy atom. The van der Waals surface area contributed by atoms with Gasteiger partial charge in [-0.05, 0) is 31.2 Å². The summed E-state index contributed by atoms with van der Waals surface area (Å²) in [6, 6.07) is 3.34. The van der Waals surface area contributed by atoms with Crippen molar-refractivity contribution in [2.24, 2.45) is 5.92 Å². The normalized spacial score (nSPS) is 12.1. The van der Waals surface area contributed by atoms with E-state index in [1.54, 1.807) is 18.3 Å². The highest BCUT2D eigenvalue weighted by Gasteiger charge is 2.16. The van der Waals surface area contributed by atoms with Crippen LogP contribution in [0.1, 0.15) is 31.1 Å². The molecule has 0 aliphatic heterocycles. The second-order valence-corrected chi connectivity index (χ2v) is 5.53. The number of nitrogens with zero attached hydrogens (tertiary/aromatic N) is 1. The third kappa shape index (κ3) is 4.85. The Morgan fingerprint density at radius 1 is 1.40 bits per heavy atom. The number of rotatable bonds is 6. The molecule has 1 heterocycles. The van der Waals surface area contributed by atoms with Crippen LogP contribution in [-0.4, -0.2) is 35.8 Å². The second kappa shape index (κ2) is 7.89. The highest BCUT2D eigenvalue weighted by atomic mass is 32.2. The van der Waals surface area contributed by atoms with Crippen molar-refractivity contribution in [1.82, 2.24) is 10.3 Å². The molecular formula is C14H20N2O3S. The minimum absolute atomic E-state index is 0.0429. The molecule has 0 saturated heterocycles. The van der Waals surface area contributed by atoms with E-state index in [4.69, 9.17) is 4.74 Å². The molecule has 1 atom stereocenters. The van der Waals surface area contributed by atoms with Crippen LogP contribution in [-0.2, 0) is 9.53 Å². The average molecular weight is 296 g/mol. The number of nitrogens with one attached hydrogen (secondary N) is 1. The van der Waals surface area contributed by atoms with Crippen LogP contribution in [0.25, 0.3) is 0 Å². The van der Waals surface area contributed by atoms with Crippen molar-refractivity contribution in [3.63, 3.8) is 0 Å². The molecule has 0 bridgehead atoms. The third-order valence-electron chi connectivity index (χ3n) is 2.91. The van der Waals surface area contributed by atoms with Gasteiger partial charge in [-0.15, -0.1) is 11.8 Å². The summed E-state index contributed by atoms with van der Waals surface area (Å²) in [5, 5.41) is 3.37. The molecule has 1 amide bonds. The van der Waals surface area contributed by atoms with E-state index in [1.807, 2.05) is 27.0 Å². The lowest BCUT2D eigenvalue weighted by Crippen LogP contribution is -2.38. The number of carbonyl (C=O) groups is 2. The van der Waals surface area contributed by atoms with Gasteiger partial charge in [-0.2, -0.15) is 0 Å². The monoisotopic (exact) mass is 296 g/mol. The first kappa shape index (κ1) is 16.5. The summed E-state index contributed by atoms with van der Waals surface area (Å²) in [5.41, 5.74) is 0.379. The van der Waals surface area contributed by atoms with Gasteiger partial charge in [-0.3, -0.25) is 4.79 Å². The minimum atomic E-state index is -0.533. The molecule has 1 N–H and O–H groups in total. The zero-order valence-corrected chi connectivity index (χ0v) is 13.0. The average Bonchev–Trinajstić information content (AvgIpc) is 2.44. The van der Waals surface area contributed by atoms with Crippen molar-refractivity contribution in [2.75, 3.05) is 12.9 Å². The minimum Gasteiger partial charge on any atom is -0.452 e. The predicted octanol–water partition coefficient (Wildman–Crippen LogP) is 2.12. The number of hydrogen-bond donors (Lipinski definition) is 1. The molecule has 0 aliphatic rings. The number of amides is 1. The number of thioether (sulfide) groups is 1. The maximum atomic E-state index is 11.9. The molecule has 0 aliphatic carbocycles. The zero-order valence-electron chi connectivity index (χ0n) is 12.2. The molecule has 6 heteroatoms. The van der Waals surface area contributed by atoms with Gasteiger partial charge in [0.1, 0.15) is 5.03 Å². The second-order valence-electron chi connectivity index (χ2n) is 4.74. The molecule has 5 nitrogen and oxygen atoms in total. The first-order chi connectivity index (χ1) is 9.45. The van der Waals surface area contributed by atoms with Gasteiger partial charge in [0, 0.05) is 12.2 Å². The maximum absolute atomic E-state index is 11.9. The zero-order chi connectivity index (χ0) is 15.1. The molecule has 20 heavy (non-hydrogen) atoms. The molecule has 0 aromatic carbocycles. The number of pyridine rings is 1. The molecular weight excluding hydrogens is 276 g/mol. The Hall–Kier alpha value is -1.56. The number of esters is 1. The van der Waals surface area contributed by atoms with Gasteiger partial charge in [0.05, 0.1) is 5.56 Å². The summed E-state index contributed by atoms with van der Waals surface area (Å²) >= 11 is 1.36. The Labute approximate surface area is 123 Å². The van der Waals surface area contributed by atoms with Crippen LogP contribution >= 0.6 is 11.8 Å². The first-order valence-corrected chi connectivity index (χ1v) is 7.63. The first-order valence-electron chi connectivity index (χ1n) is 6.41. The fraction of sp³-hybridized carbons (Fsp3) is 0.500. The lowest BCUT2D eigenvalue weighted by molar-refractivity contribution is -0.125. The van der Waals surface area contributed by atoms with E-state index in [2.05, 4.69) is 10.3 Å². The van der Waals surface area contributed by atoms with E-state index < -0.39 is 5.97 Å². The van der Waals surface area contributed by atoms with E-state index in [9.17, 15) is 9.59 Å². The van der Waals surface area contributed by atoms with Crippen LogP contribution in [0, 0.1) is 5.92 Å². The molecule has 1 aromatic heterocycles. The van der Waals surface area contributed by atoms with Gasteiger partial charge in [0.2, 0.25) is 0 Å². The number of aromatic nitrogens is 1. The molecule has 0 fully saturated rings. The van der Waals surface area contributed by atoms with Gasteiger partial charge in [-0.25, -0.2) is 9.78 Å². The topological polar surface area (TPSA) is 68.3 Å². The summed E-state index contributed by atoms with van der Waals surface area (Å²) in [6.07, 6.45) is 3.44. The fourth-order valence-electron chi connectivity index (χ4n) is 1.38. The molecule has 0 radical (unpaired) electrons. The third-order valence-corrected chi connectivity index (χ3v) is 3.62. The van der Waals surface area contributed by atoms with Gasteiger partial charge < -0.3 is 10.1 Å². The molecule has 0 saturated carbocycles. The Kier molecular flexibility index (Phi) is 6.51. The highest BCUT2D eigenvalue weighted by molar-refractivity contribution is 7.98. The molecule has 110 valence electrons. The largest absolute Gasteiger partial charge is 0.452 e. The molecule has 1 aromatic rings. The van der Waals surface area contributed by atoms with Crippen molar-refractivity contribution < 1.29 is 14.3 Å². The van der Waals surface area contributed by atoms with E-state index in [-0.39, 0.29) is 18.6 Å². The van der Waals surface area contributed by atoms with Crippen LogP contribution < -0.4 is 5.32 Å². The van der Waals surface area contributed by atoms with E-state index in [1.165, 1.54) is 11.8 Å². The smallest absolute Gasteiger partial charge is 0.341 e. The summed E-state index contributed by atoms with van der Waals surface area (Å²) < 4.78 is 5.01. The lowest BCUT2D eigenvalue weighted by Gasteiger charge is -2.17. The van der Waals surface area contributed by atoms with Crippen LogP contribution in [0.5, 0.6) is 0 Å². The SMILES string of the molecule is CSc1ncccc1C(=O)OCC(=O)N[C@@H](C)C(C)C. The standard InChI is InChI=1S/C14H20N2O3S/c1-9(2)10(3)16-12(17)8-19-14(18)11-6-5-7-15-13(11)20-4/h5-7,9-10H,8H2,1-4H3,(H,16,17)/t10-/m0/s1. The van der Waals surface area contributed by atoms with Crippen molar-refractivity contribution in [3.05, 3.63) is 23.9 Å². The Bertz CT molecular complexity index is 477. The van der Waals surface area contributed by atoms with Gasteiger partial charge in [0.25, 0.3) is 5.91 Å². The van der Waals surface area contributed by atoms with E-state index in [0.29, 0.717) is 16.5 Å². The van der Waals surface area contributed by atoms with Gasteiger partial charge >= 0.3 is 5.97 Å². The Balaban J connectivity index is 2.53. The number of hydrogen-bond acceptors (Lipinski definition) is 5.